The average Bonchev–Trinajstić information content (AvgIpc) is 3.56. The molecular formula is C23H24O9. The maximum atomic E-state index is 12.9. The minimum Gasteiger partial charge on any atom is -0.465 e. The number of allylic oxidation sites excluding steroid dienone is 1. The van der Waals surface area contributed by atoms with E-state index in [1.807, 2.05) is 6.92 Å². The van der Waals surface area contributed by atoms with Crippen LogP contribution >= 0.6 is 0 Å². The SMILES string of the molecule is C=C1C[C@@H]2c3oc(cc3C(=O)OC)[C@H]3OC3(C)C[C@@H]3OC(=O)C4(O[C@@H]34)[C@H](OC(C)=O)C[C@@H]12. The molecule has 0 spiro atoms. The molecule has 4 aliphatic heterocycles. The summed E-state index contributed by atoms with van der Waals surface area (Å²) in [6.45, 7) is 7.35. The van der Waals surface area contributed by atoms with Crippen molar-refractivity contribution in [1.29, 1.82) is 0 Å². The largest absolute Gasteiger partial charge is 0.465 e. The minimum atomic E-state index is -1.30. The van der Waals surface area contributed by atoms with Crippen LogP contribution in [0.2, 0.25) is 0 Å². The molecule has 0 radical (unpaired) electrons. The lowest BCUT2D eigenvalue weighted by Gasteiger charge is -2.40. The van der Waals surface area contributed by atoms with Crippen LogP contribution < -0.4 is 0 Å². The monoisotopic (exact) mass is 444 g/mol. The molecule has 1 aromatic rings. The Morgan fingerprint density at radius 1 is 1.25 bits per heavy atom. The lowest BCUT2D eigenvalue weighted by atomic mass is 9.65. The first-order valence-electron chi connectivity index (χ1n) is 10.8. The van der Waals surface area contributed by atoms with E-state index in [-0.39, 0.29) is 17.9 Å². The Balaban J connectivity index is 1.45. The molecule has 0 amide bonds. The van der Waals surface area contributed by atoms with Crippen molar-refractivity contribution in [1.82, 2.24) is 0 Å². The van der Waals surface area contributed by atoms with Gasteiger partial charge in [0.15, 0.2) is 0 Å². The lowest BCUT2D eigenvalue weighted by molar-refractivity contribution is -0.166. The van der Waals surface area contributed by atoms with E-state index >= 15 is 0 Å². The summed E-state index contributed by atoms with van der Waals surface area (Å²) in [6, 6.07) is 1.68. The van der Waals surface area contributed by atoms with Crippen LogP contribution in [-0.4, -0.2) is 54.5 Å². The van der Waals surface area contributed by atoms with Crippen molar-refractivity contribution in [3.63, 3.8) is 0 Å². The van der Waals surface area contributed by atoms with Gasteiger partial charge >= 0.3 is 17.9 Å². The van der Waals surface area contributed by atoms with Gasteiger partial charge in [-0.15, -0.1) is 0 Å². The average molecular weight is 444 g/mol. The topological polar surface area (TPSA) is 117 Å². The zero-order valence-electron chi connectivity index (χ0n) is 18.0. The Morgan fingerprint density at radius 2 is 2.03 bits per heavy atom. The summed E-state index contributed by atoms with van der Waals surface area (Å²) in [5, 5.41) is 0. The first-order valence-corrected chi connectivity index (χ1v) is 10.8. The summed E-state index contributed by atoms with van der Waals surface area (Å²) in [7, 11) is 1.33. The van der Waals surface area contributed by atoms with Gasteiger partial charge in [0.1, 0.15) is 47.1 Å². The molecule has 6 rings (SSSR count). The summed E-state index contributed by atoms with van der Waals surface area (Å²) in [4.78, 5) is 37.3. The van der Waals surface area contributed by atoms with E-state index in [9.17, 15) is 14.4 Å². The Morgan fingerprint density at radius 3 is 2.69 bits per heavy atom. The van der Waals surface area contributed by atoms with Crippen molar-refractivity contribution in [2.24, 2.45) is 5.92 Å². The van der Waals surface area contributed by atoms with Crippen LogP contribution in [0, 0.1) is 5.92 Å². The third-order valence-corrected chi connectivity index (χ3v) is 7.62. The molecule has 170 valence electrons. The molecule has 0 aromatic carbocycles. The molecule has 32 heavy (non-hydrogen) atoms. The third kappa shape index (κ3) is 2.55. The van der Waals surface area contributed by atoms with Crippen LogP contribution in [0.5, 0.6) is 0 Å². The molecule has 3 saturated heterocycles. The predicted octanol–water partition coefficient (Wildman–Crippen LogP) is 2.34. The Kier molecular flexibility index (Phi) is 3.89. The van der Waals surface area contributed by atoms with E-state index in [0.29, 0.717) is 36.3 Å². The van der Waals surface area contributed by atoms with Crippen molar-refractivity contribution in [2.45, 2.75) is 74.6 Å². The summed E-state index contributed by atoms with van der Waals surface area (Å²) in [5.41, 5.74) is -0.648. The zero-order chi connectivity index (χ0) is 22.6. The predicted molar refractivity (Wildman–Crippen MR) is 105 cm³/mol. The van der Waals surface area contributed by atoms with E-state index in [2.05, 4.69) is 6.58 Å². The van der Waals surface area contributed by atoms with Crippen LogP contribution in [0.1, 0.15) is 67.0 Å². The van der Waals surface area contributed by atoms with E-state index in [4.69, 9.17) is 28.1 Å². The number of esters is 3. The Hall–Kier alpha value is -2.65. The van der Waals surface area contributed by atoms with Crippen LogP contribution in [-0.2, 0) is 33.3 Å². The van der Waals surface area contributed by atoms with Crippen molar-refractivity contribution in [2.75, 3.05) is 7.11 Å². The highest BCUT2D eigenvalue weighted by Gasteiger charge is 2.79. The number of hydrogen-bond donors (Lipinski definition) is 0. The molecule has 1 aliphatic carbocycles. The van der Waals surface area contributed by atoms with E-state index in [1.54, 1.807) is 6.07 Å². The Bertz CT molecular complexity index is 1070. The first-order chi connectivity index (χ1) is 15.2. The van der Waals surface area contributed by atoms with Gasteiger partial charge in [-0.3, -0.25) is 4.79 Å². The standard InChI is InChI=1S/C23H24O9/c1-9-5-12-11(9)7-16(28-10(2)24)23-19(32-23)15(30-21(23)26)8-22(3)18(31-22)14-6-13(17(12)29-14)20(25)27-4/h6,11-12,15-16,18-19H,1,5,7-8H2,2-4H3/t11-,12-,15-,16+,18+,19-,22?,23?/m0/s1. The third-order valence-electron chi connectivity index (χ3n) is 7.62. The maximum absolute atomic E-state index is 12.9. The minimum absolute atomic E-state index is 0.167. The zero-order valence-corrected chi connectivity index (χ0v) is 18.0. The number of methoxy groups -OCH3 is 1. The maximum Gasteiger partial charge on any atom is 0.345 e. The molecule has 4 bridgehead atoms. The summed E-state index contributed by atoms with van der Waals surface area (Å²) in [5.74, 6) is -0.778. The van der Waals surface area contributed by atoms with Crippen molar-refractivity contribution < 1.29 is 42.5 Å². The van der Waals surface area contributed by atoms with Gasteiger partial charge in [0, 0.05) is 19.3 Å². The molecule has 1 aromatic heterocycles. The smallest absolute Gasteiger partial charge is 0.345 e. The molecule has 8 atom stereocenters. The number of furan rings is 1. The van der Waals surface area contributed by atoms with Gasteiger partial charge in [0.2, 0.25) is 5.60 Å². The highest BCUT2D eigenvalue weighted by atomic mass is 16.7. The lowest BCUT2D eigenvalue weighted by Crippen LogP contribution is -2.44. The molecule has 1 saturated carbocycles. The van der Waals surface area contributed by atoms with Crippen LogP contribution in [0.4, 0.5) is 0 Å². The normalized spacial score (nSPS) is 43.1. The van der Waals surface area contributed by atoms with E-state index in [1.165, 1.54) is 14.0 Å². The second-order valence-corrected chi connectivity index (χ2v) is 9.62. The van der Waals surface area contributed by atoms with Gasteiger partial charge < -0.3 is 28.1 Å². The number of rotatable bonds is 2. The summed E-state index contributed by atoms with van der Waals surface area (Å²) >= 11 is 0. The van der Waals surface area contributed by atoms with Crippen molar-refractivity contribution in [3.8, 4) is 0 Å². The quantitative estimate of drug-likeness (QED) is 0.293. The second-order valence-electron chi connectivity index (χ2n) is 9.62. The fourth-order valence-electron chi connectivity index (χ4n) is 5.82. The highest BCUT2D eigenvalue weighted by Crippen LogP contribution is 2.61. The number of epoxide rings is 2. The van der Waals surface area contributed by atoms with Gasteiger partial charge in [-0.25, -0.2) is 9.59 Å². The van der Waals surface area contributed by atoms with Gasteiger partial charge in [-0.05, 0) is 31.7 Å². The number of ether oxygens (including phenoxy) is 5. The van der Waals surface area contributed by atoms with Gasteiger partial charge in [0.25, 0.3) is 0 Å². The van der Waals surface area contributed by atoms with Gasteiger partial charge in [-0.1, -0.05) is 12.2 Å². The van der Waals surface area contributed by atoms with Crippen molar-refractivity contribution in [3.05, 3.63) is 35.3 Å². The van der Waals surface area contributed by atoms with Gasteiger partial charge in [-0.2, -0.15) is 0 Å². The first kappa shape index (κ1) is 20.0. The molecule has 9 heteroatoms. The molecular weight excluding hydrogens is 420 g/mol. The summed E-state index contributed by atoms with van der Waals surface area (Å²) in [6.07, 6.45) is -0.897. The molecule has 9 nitrogen and oxygen atoms in total. The van der Waals surface area contributed by atoms with Crippen LogP contribution in [0.3, 0.4) is 0 Å². The van der Waals surface area contributed by atoms with Crippen LogP contribution in [0.15, 0.2) is 22.6 Å². The second kappa shape index (κ2) is 6.23. The molecule has 0 N–H and O–H groups in total. The van der Waals surface area contributed by atoms with Crippen molar-refractivity contribution >= 4 is 17.9 Å². The van der Waals surface area contributed by atoms with E-state index in [0.717, 1.165) is 5.57 Å². The molecule has 5 aliphatic rings. The van der Waals surface area contributed by atoms with E-state index < -0.39 is 47.4 Å². The van der Waals surface area contributed by atoms with Gasteiger partial charge in [0.05, 0.1) is 7.11 Å². The number of carbonyl (C=O) groups excluding carboxylic acids is 3. The summed E-state index contributed by atoms with van der Waals surface area (Å²) < 4.78 is 34.3. The molecule has 2 unspecified atom stereocenters. The fourth-order valence-corrected chi connectivity index (χ4v) is 5.82. The number of fused-ring (bicyclic) bond motifs is 6. The molecule has 4 fully saturated rings. The highest BCUT2D eigenvalue weighted by molar-refractivity contribution is 5.91. The fraction of sp³-hybridized carbons (Fsp3) is 0.609. The molecule has 5 heterocycles. The number of hydrogen-bond acceptors (Lipinski definition) is 9. The Labute approximate surface area is 183 Å². The number of carbonyl (C=O) groups is 3. The van der Waals surface area contributed by atoms with Crippen LogP contribution in [0.25, 0.3) is 0 Å².